The van der Waals surface area contributed by atoms with Crippen molar-refractivity contribution in [3.05, 3.63) is 30.7 Å². The van der Waals surface area contributed by atoms with Gasteiger partial charge in [0.1, 0.15) is 0 Å². The molecule has 0 aliphatic carbocycles. The zero-order valence-electron chi connectivity index (χ0n) is 13.5. The van der Waals surface area contributed by atoms with Crippen LogP contribution in [0.1, 0.15) is 6.92 Å². The first-order chi connectivity index (χ1) is 11.7. The molecule has 7 nitrogen and oxygen atoms in total. The Hall–Kier alpha value is -2.03. The van der Waals surface area contributed by atoms with Crippen LogP contribution in [0.4, 0.5) is 5.13 Å². The van der Waals surface area contributed by atoms with Gasteiger partial charge in [0.2, 0.25) is 10.1 Å². The van der Waals surface area contributed by atoms with Crippen molar-refractivity contribution >= 4 is 21.4 Å². The maximum absolute atomic E-state index is 9.49. The summed E-state index contributed by atoms with van der Waals surface area (Å²) in [4.78, 5) is 14.3. The molecule has 1 N–H and O–H groups in total. The van der Waals surface area contributed by atoms with Gasteiger partial charge in [-0.15, -0.1) is 5.10 Å². The fourth-order valence-electron chi connectivity index (χ4n) is 2.97. The molecule has 8 heteroatoms. The Morgan fingerprint density at radius 1 is 1.29 bits per heavy atom. The molecule has 3 aromatic rings. The van der Waals surface area contributed by atoms with Gasteiger partial charge in [-0.25, -0.2) is 9.50 Å². The number of imidazole rings is 1. The highest BCUT2D eigenvalue weighted by atomic mass is 32.1. The molecule has 1 saturated heterocycles. The van der Waals surface area contributed by atoms with Gasteiger partial charge < -0.3 is 10.0 Å². The Labute approximate surface area is 144 Å². The molecular formula is C16H20N6OS. The zero-order chi connectivity index (χ0) is 16.5. The highest BCUT2D eigenvalue weighted by Gasteiger charge is 2.21. The van der Waals surface area contributed by atoms with Crippen LogP contribution in [0.25, 0.3) is 16.2 Å². The number of aliphatic hydroxyl groups is 1. The molecule has 24 heavy (non-hydrogen) atoms. The molecule has 1 aliphatic rings. The summed E-state index contributed by atoms with van der Waals surface area (Å²) in [6.45, 7) is 6.34. The van der Waals surface area contributed by atoms with Crippen molar-refractivity contribution in [1.29, 1.82) is 0 Å². The Bertz CT molecular complexity index is 775. The van der Waals surface area contributed by atoms with Gasteiger partial charge in [-0.2, -0.15) is 0 Å². The Morgan fingerprint density at radius 3 is 2.79 bits per heavy atom. The number of fused-ring (bicyclic) bond motifs is 1. The van der Waals surface area contributed by atoms with Crippen molar-refractivity contribution in [2.75, 3.05) is 37.6 Å². The summed E-state index contributed by atoms with van der Waals surface area (Å²) in [6, 6.07) is 3.91. The molecule has 0 saturated carbocycles. The lowest BCUT2D eigenvalue weighted by atomic mass is 10.2. The van der Waals surface area contributed by atoms with Crippen LogP contribution in [-0.4, -0.2) is 68.4 Å². The second-order valence-electron chi connectivity index (χ2n) is 6.12. The summed E-state index contributed by atoms with van der Waals surface area (Å²) < 4.78 is 1.85. The summed E-state index contributed by atoms with van der Waals surface area (Å²) in [5.41, 5.74) is 1.90. The lowest BCUT2D eigenvalue weighted by Gasteiger charge is -2.34. The SMILES string of the molecule is C[C@@H](O)CN1CCN(c2nn3cc(-c4cccnc4)nc3s2)CC1. The summed E-state index contributed by atoms with van der Waals surface area (Å²) in [6.07, 6.45) is 5.26. The molecule has 1 fully saturated rings. The van der Waals surface area contributed by atoms with Crippen molar-refractivity contribution in [3.63, 3.8) is 0 Å². The average Bonchev–Trinajstić information content (AvgIpc) is 3.15. The zero-order valence-corrected chi connectivity index (χ0v) is 14.4. The van der Waals surface area contributed by atoms with Crippen molar-refractivity contribution < 1.29 is 5.11 Å². The van der Waals surface area contributed by atoms with E-state index in [0.717, 1.165) is 54.1 Å². The first-order valence-corrected chi connectivity index (χ1v) is 8.93. The van der Waals surface area contributed by atoms with Crippen molar-refractivity contribution in [2.24, 2.45) is 0 Å². The highest BCUT2D eigenvalue weighted by Crippen LogP contribution is 2.27. The van der Waals surface area contributed by atoms with Crippen LogP contribution in [0, 0.1) is 0 Å². The summed E-state index contributed by atoms with van der Waals surface area (Å²) >= 11 is 1.61. The molecule has 0 amide bonds. The number of β-amino-alcohol motifs (C(OH)–C–C–N with tert-alkyl or cyclic N) is 1. The third-order valence-corrected chi connectivity index (χ3v) is 5.14. The second-order valence-corrected chi connectivity index (χ2v) is 7.05. The molecule has 4 heterocycles. The Balaban J connectivity index is 1.48. The molecule has 0 unspecified atom stereocenters. The number of nitrogens with zero attached hydrogens (tertiary/aromatic N) is 6. The van der Waals surface area contributed by atoms with Crippen LogP contribution in [0.15, 0.2) is 30.7 Å². The summed E-state index contributed by atoms with van der Waals surface area (Å²) in [7, 11) is 0. The minimum atomic E-state index is -0.273. The molecule has 3 aromatic heterocycles. The number of piperazine rings is 1. The highest BCUT2D eigenvalue weighted by molar-refractivity contribution is 7.20. The largest absolute Gasteiger partial charge is 0.392 e. The topological polar surface area (TPSA) is 69.8 Å². The van der Waals surface area contributed by atoms with Crippen LogP contribution in [0.5, 0.6) is 0 Å². The molecule has 1 aliphatic heterocycles. The van der Waals surface area contributed by atoms with E-state index in [-0.39, 0.29) is 6.10 Å². The quantitative estimate of drug-likeness (QED) is 0.771. The standard InChI is InChI=1S/C16H20N6OS/c1-12(23)10-20-5-7-21(8-6-20)16-19-22-11-14(18-15(22)24-16)13-3-2-4-17-9-13/h2-4,9,11-12,23H,5-8,10H2,1H3/t12-/m1/s1. The number of anilines is 1. The van der Waals surface area contributed by atoms with Crippen molar-refractivity contribution in [3.8, 4) is 11.3 Å². The minimum absolute atomic E-state index is 0.273. The second kappa shape index (κ2) is 6.46. The molecule has 4 rings (SSSR count). The number of rotatable bonds is 4. The lowest BCUT2D eigenvalue weighted by molar-refractivity contribution is 0.122. The van der Waals surface area contributed by atoms with Gasteiger partial charge in [0.05, 0.1) is 18.0 Å². The van der Waals surface area contributed by atoms with E-state index in [1.165, 1.54) is 0 Å². The van der Waals surface area contributed by atoms with E-state index in [1.807, 2.05) is 36.0 Å². The van der Waals surface area contributed by atoms with E-state index >= 15 is 0 Å². The number of aliphatic hydroxyl groups excluding tert-OH is 1. The van der Waals surface area contributed by atoms with Crippen LogP contribution >= 0.6 is 11.3 Å². The van der Waals surface area contributed by atoms with E-state index in [4.69, 9.17) is 0 Å². The normalized spacial score (nSPS) is 17.5. The smallest absolute Gasteiger partial charge is 0.214 e. The molecular weight excluding hydrogens is 324 g/mol. The van der Waals surface area contributed by atoms with E-state index in [0.29, 0.717) is 0 Å². The Morgan fingerprint density at radius 2 is 2.12 bits per heavy atom. The molecule has 126 valence electrons. The van der Waals surface area contributed by atoms with Crippen LogP contribution < -0.4 is 4.90 Å². The van der Waals surface area contributed by atoms with Crippen LogP contribution in [-0.2, 0) is 0 Å². The third-order valence-electron chi connectivity index (χ3n) is 4.16. The van der Waals surface area contributed by atoms with E-state index in [2.05, 4.69) is 24.9 Å². The van der Waals surface area contributed by atoms with Crippen LogP contribution in [0.2, 0.25) is 0 Å². The molecule has 1 atom stereocenters. The molecule has 0 aromatic carbocycles. The van der Waals surface area contributed by atoms with Gasteiger partial charge in [-0.3, -0.25) is 9.88 Å². The fourth-order valence-corrected chi connectivity index (χ4v) is 3.90. The van der Waals surface area contributed by atoms with Crippen molar-refractivity contribution in [2.45, 2.75) is 13.0 Å². The predicted octanol–water partition coefficient (Wildman–Crippen LogP) is 1.36. The fraction of sp³-hybridized carbons (Fsp3) is 0.438. The number of hydrogen-bond donors (Lipinski definition) is 1. The van der Waals surface area contributed by atoms with E-state index < -0.39 is 0 Å². The predicted molar refractivity (Wildman–Crippen MR) is 94.4 cm³/mol. The molecule has 0 radical (unpaired) electrons. The van der Waals surface area contributed by atoms with Gasteiger partial charge in [-0.05, 0) is 19.1 Å². The van der Waals surface area contributed by atoms with Gasteiger partial charge in [0.15, 0.2) is 0 Å². The third kappa shape index (κ3) is 3.12. The first kappa shape index (κ1) is 15.5. The minimum Gasteiger partial charge on any atom is -0.392 e. The summed E-state index contributed by atoms with van der Waals surface area (Å²) in [5, 5.41) is 15.2. The summed E-state index contributed by atoms with van der Waals surface area (Å²) in [5.74, 6) is 0. The van der Waals surface area contributed by atoms with Gasteiger partial charge in [0, 0.05) is 50.7 Å². The number of hydrogen-bond acceptors (Lipinski definition) is 7. The van der Waals surface area contributed by atoms with E-state index in [9.17, 15) is 5.11 Å². The molecule has 0 spiro atoms. The van der Waals surface area contributed by atoms with E-state index in [1.54, 1.807) is 17.5 Å². The van der Waals surface area contributed by atoms with Crippen LogP contribution in [0.3, 0.4) is 0 Å². The van der Waals surface area contributed by atoms with Gasteiger partial charge in [0.25, 0.3) is 0 Å². The lowest BCUT2D eigenvalue weighted by Crippen LogP contribution is -2.48. The monoisotopic (exact) mass is 344 g/mol. The number of aromatic nitrogens is 4. The Kier molecular flexibility index (Phi) is 4.17. The van der Waals surface area contributed by atoms with Gasteiger partial charge in [-0.1, -0.05) is 11.3 Å². The van der Waals surface area contributed by atoms with Crippen molar-refractivity contribution in [1.82, 2.24) is 24.5 Å². The van der Waals surface area contributed by atoms with Gasteiger partial charge >= 0.3 is 0 Å². The average molecular weight is 344 g/mol. The number of pyridine rings is 1. The maximum Gasteiger partial charge on any atom is 0.214 e. The first-order valence-electron chi connectivity index (χ1n) is 8.11. The molecule has 0 bridgehead atoms. The maximum atomic E-state index is 9.49.